The van der Waals surface area contributed by atoms with Gasteiger partial charge >= 0.3 is 0 Å². The molecule has 2 aromatic heterocycles. The zero-order chi connectivity index (χ0) is 21.9. The van der Waals surface area contributed by atoms with E-state index in [4.69, 9.17) is 0 Å². The molecule has 0 radical (unpaired) electrons. The Balaban J connectivity index is 1.72. The molecule has 0 fully saturated rings. The Bertz CT molecular complexity index is 1800. The molecule has 33 heavy (non-hydrogen) atoms. The van der Waals surface area contributed by atoms with Gasteiger partial charge in [0, 0.05) is 39.8 Å². The van der Waals surface area contributed by atoms with Gasteiger partial charge in [0.1, 0.15) is 0 Å². The molecule has 0 unspecified atom stereocenters. The summed E-state index contributed by atoms with van der Waals surface area (Å²) in [6.07, 6.45) is 0. The van der Waals surface area contributed by atoms with Crippen molar-refractivity contribution in [3.63, 3.8) is 0 Å². The zero-order valence-corrected chi connectivity index (χ0v) is 18.4. The third-order valence-corrected chi connectivity index (χ3v) is 6.93. The summed E-state index contributed by atoms with van der Waals surface area (Å²) in [5.74, 6) is 0. The average molecular weight is 423 g/mol. The molecule has 0 saturated carbocycles. The Morgan fingerprint density at radius 1 is 0.485 bits per heavy atom. The van der Waals surface area contributed by atoms with Gasteiger partial charge in [-0.05, 0) is 41.5 Å². The molecule has 2 heterocycles. The first-order valence-corrected chi connectivity index (χ1v) is 11.4. The van der Waals surface area contributed by atoms with Gasteiger partial charge < -0.3 is 9.13 Å². The van der Waals surface area contributed by atoms with E-state index in [1.54, 1.807) is 0 Å². The Labute approximate surface area is 191 Å². The molecular weight excluding hydrogens is 400 g/mol. The van der Waals surface area contributed by atoms with E-state index in [1.165, 1.54) is 60.4 Å². The van der Waals surface area contributed by atoms with Crippen LogP contribution in [0.4, 0.5) is 0 Å². The van der Waals surface area contributed by atoms with Gasteiger partial charge in [0.15, 0.2) is 0 Å². The quantitative estimate of drug-likeness (QED) is 0.266. The first-order valence-electron chi connectivity index (χ1n) is 11.4. The second kappa shape index (κ2) is 6.85. The number of rotatable bonds is 2. The number of fused-ring (bicyclic) bond motifs is 7. The highest BCUT2D eigenvalue weighted by Crippen LogP contribution is 2.41. The first kappa shape index (κ1) is 18.3. The molecule has 0 saturated heterocycles. The lowest BCUT2D eigenvalue weighted by Gasteiger charge is -2.10. The van der Waals surface area contributed by atoms with Crippen molar-refractivity contribution in [2.45, 2.75) is 0 Å². The molecule has 5 aromatic carbocycles. The van der Waals surface area contributed by atoms with Crippen molar-refractivity contribution in [1.82, 2.24) is 9.13 Å². The van der Waals surface area contributed by atoms with Crippen molar-refractivity contribution in [1.29, 1.82) is 0 Å². The predicted molar refractivity (Wildman–Crippen MR) is 140 cm³/mol. The van der Waals surface area contributed by atoms with Gasteiger partial charge in [0.2, 0.25) is 0 Å². The normalized spacial score (nSPS) is 11.8. The molecule has 0 amide bonds. The maximum absolute atomic E-state index is 2.45. The summed E-state index contributed by atoms with van der Waals surface area (Å²) in [4.78, 5) is 0. The standard InChI is InChI=1S/C31H22N2/c1-32-27-15-9-8-14-26(27)30-28(32)19-18-25-24-17-16-22(21-10-4-2-5-11-21)20-29(24)33(31(25)30)23-12-6-3-7-13-23/h2-20H,1H3. The van der Waals surface area contributed by atoms with Gasteiger partial charge in [0.05, 0.1) is 16.6 Å². The van der Waals surface area contributed by atoms with Gasteiger partial charge in [0.25, 0.3) is 0 Å². The van der Waals surface area contributed by atoms with E-state index < -0.39 is 0 Å². The Morgan fingerprint density at radius 2 is 1.18 bits per heavy atom. The lowest BCUT2D eigenvalue weighted by molar-refractivity contribution is 1.01. The van der Waals surface area contributed by atoms with E-state index in [0.29, 0.717) is 0 Å². The highest BCUT2D eigenvalue weighted by Gasteiger charge is 2.19. The number of para-hydroxylation sites is 2. The van der Waals surface area contributed by atoms with E-state index in [9.17, 15) is 0 Å². The van der Waals surface area contributed by atoms with Crippen molar-refractivity contribution < 1.29 is 0 Å². The van der Waals surface area contributed by atoms with E-state index in [0.717, 1.165) is 0 Å². The van der Waals surface area contributed by atoms with E-state index in [-0.39, 0.29) is 0 Å². The molecule has 0 aliphatic carbocycles. The number of aryl methyl sites for hydroxylation is 1. The fourth-order valence-electron chi connectivity index (χ4n) is 5.40. The maximum Gasteiger partial charge on any atom is 0.0641 e. The SMILES string of the molecule is Cn1c2ccccc2c2c1ccc1c3ccc(-c4ccccc4)cc3n(-c3ccccc3)c12. The van der Waals surface area contributed by atoms with Crippen LogP contribution in [-0.2, 0) is 7.05 Å². The highest BCUT2D eigenvalue weighted by molar-refractivity contribution is 6.25. The molecule has 0 bridgehead atoms. The summed E-state index contributed by atoms with van der Waals surface area (Å²) in [5, 5.41) is 5.18. The molecule has 0 aliphatic rings. The minimum absolute atomic E-state index is 1.18. The van der Waals surface area contributed by atoms with Crippen molar-refractivity contribution in [3.8, 4) is 16.8 Å². The van der Waals surface area contributed by atoms with Gasteiger partial charge in [-0.3, -0.25) is 0 Å². The maximum atomic E-state index is 2.45. The highest BCUT2D eigenvalue weighted by atomic mass is 15.0. The van der Waals surface area contributed by atoms with E-state index >= 15 is 0 Å². The largest absolute Gasteiger partial charge is 0.344 e. The molecule has 2 heteroatoms. The topological polar surface area (TPSA) is 9.86 Å². The van der Waals surface area contributed by atoms with Crippen LogP contribution in [0.15, 0.2) is 115 Å². The molecule has 0 N–H and O–H groups in total. The Hall–Kier alpha value is -4.30. The van der Waals surface area contributed by atoms with Crippen molar-refractivity contribution in [2.24, 2.45) is 7.05 Å². The zero-order valence-electron chi connectivity index (χ0n) is 18.4. The smallest absolute Gasteiger partial charge is 0.0641 e. The van der Waals surface area contributed by atoms with Crippen molar-refractivity contribution >= 4 is 43.6 Å². The van der Waals surface area contributed by atoms with Crippen LogP contribution in [0.25, 0.3) is 60.4 Å². The fraction of sp³-hybridized carbons (Fsp3) is 0.0323. The lowest BCUT2D eigenvalue weighted by Crippen LogP contribution is -1.94. The number of benzene rings is 5. The monoisotopic (exact) mass is 422 g/mol. The van der Waals surface area contributed by atoms with Gasteiger partial charge in [-0.25, -0.2) is 0 Å². The molecule has 0 spiro atoms. The predicted octanol–water partition coefficient (Wildman–Crippen LogP) is 8.10. The van der Waals surface area contributed by atoms with Crippen LogP contribution in [0.5, 0.6) is 0 Å². The average Bonchev–Trinajstić information content (AvgIpc) is 3.37. The number of hydrogen-bond acceptors (Lipinski definition) is 0. The van der Waals surface area contributed by atoms with Crippen LogP contribution in [-0.4, -0.2) is 9.13 Å². The lowest BCUT2D eigenvalue weighted by atomic mass is 10.0. The molecule has 0 aliphatic heterocycles. The van der Waals surface area contributed by atoms with Crippen LogP contribution in [0, 0.1) is 0 Å². The molecular formula is C31H22N2. The van der Waals surface area contributed by atoms with Gasteiger partial charge in [-0.1, -0.05) is 84.9 Å². The van der Waals surface area contributed by atoms with Crippen molar-refractivity contribution in [3.05, 3.63) is 115 Å². The molecule has 7 aromatic rings. The second-order valence-electron chi connectivity index (χ2n) is 8.70. The van der Waals surface area contributed by atoms with Crippen LogP contribution in [0.1, 0.15) is 0 Å². The number of hydrogen-bond donors (Lipinski definition) is 0. The van der Waals surface area contributed by atoms with E-state index in [2.05, 4.69) is 131 Å². The first-order chi connectivity index (χ1) is 16.3. The van der Waals surface area contributed by atoms with Crippen LogP contribution >= 0.6 is 0 Å². The summed E-state index contributed by atoms with van der Waals surface area (Å²) in [5.41, 5.74) is 8.68. The second-order valence-corrected chi connectivity index (χ2v) is 8.70. The molecule has 156 valence electrons. The minimum Gasteiger partial charge on any atom is -0.344 e. The summed E-state index contributed by atoms with van der Waals surface area (Å²) in [7, 11) is 2.17. The van der Waals surface area contributed by atoms with Crippen LogP contribution in [0.3, 0.4) is 0 Å². The molecule has 0 atom stereocenters. The molecule has 2 nitrogen and oxygen atoms in total. The van der Waals surface area contributed by atoms with E-state index in [1.807, 2.05) is 0 Å². The van der Waals surface area contributed by atoms with Gasteiger partial charge in [-0.2, -0.15) is 0 Å². The molecule has 7 rings (SSSR count). The number of nitrogens with zero attached hydrogens (tertiary/aromatic N) is 2. The minimum atomic E-state index is 1.18. The Kier molecular flexibility index (Phi) is 3.80. The van der Waals surface area contributed by atoms with Gasteiger partial charge in [-0.15, -0.1) is 0 Å². The van der Waals surface area contributed by atoms with Crippen molar-refractivity contribution in [2.75, 3.05) is 0 Å². The summed E-state index contributed by atoms with van der Waals surface area (Å²) < 4.78 is 4.76. The van der Waals surface area contributed by atoms with Crippen LogP contribution in [0.2, 0.25) is 0 Å². The fourth-order valence-corrected chi connectivity index (χ4v) is 5.40. The third-order valence-electron chi connectivity index (χ3n) is 6.93. The summed E-state index contributed by atoms with van der Waals surface area (Å²) in [6.45, 7) is 0. The summed E-state index contributed by atoms with van der Waals surface area (Å²) in [6, 6.07) is 41.6. The third kappa shape index (κ3) is 2.55. The Morgan fingerprint density at radius 3 is 2.00 bits per heavy atom. The van der Waals surface area contributed by atoms with Crippen LogP contribution < -0.4 is 0 Å². The number of aromatic nitrogens is 2. The summed E-state index contributed by atoms with van der Waals surface area (Å²) >= 11 is 0.